The van der Waals surface area contributed by atoms with E-state index in [-0.39, 0.29) is 18.4 Å². The van der Waals surface area contributed by atoms with Gasteiger partial charge in [-0.05, 0) is 42.7 Å². The highest BCUT2D eigenvalue weighted by molar-refractivity contribution is 6.30. The molecule has 150 valence electrons. The molecule has 2 aromatic rings. The van der Waals surface area contributed by atoms with Crippen LogP contribution in [-0.2, 0) is 16.1 Å². The van der Waals surface area contributed by atoms with Gasteiger partial charge in [0.05, 0.1) is 0 Å². The van der Waals surface area contributed by atoms with Crippen LogP contribution in [0.3, 0.4) is 0 Å². The first-order valence-electron chi connectivity index (χ1n) is 9.36. The number of nitrogens with one attached hydrogen (secondary N) is 1. The lowest BCUT2D eigenvalue weighted by molar-refractivity contribution is -0.142. The molecule has 0 aromatic heterocycles. The lowest BCUT2D eigenvalue weighted by Crippen LogP contribution is -2.49. The molecule has 0 fully saturated rings. The quantitative estimate of drug-likeness (QED) is 0.691. The van der Waals surface area contributed by atoms with Crippen molar-refractivity contribution in [2.24, 2.45) is 5.92 Å². The van der Waals surface area contributed by atoms with Gasteiger partial charge < -0.3 is 15.0 Å². The molecule has 0 radical (unpaired) electrons. The summed E-state index contributed by atoms with van der Waals surface area (Å²) < 4.78 is 5.59. The van der Waals surface area contributed by atoms with Gasteiger partial charge in [0.1, 0.15) is 11.8 Å². The zero-order valence-corrected chi connectivity index (χ0v) is 17.3. The molecule has 6 heteroatoms. The number of carbonyl (C=O) groups is 2. The van der Waals surface area contributed by atoms with E-state index in [1.165, 1.54) is 4.90 Å². The van der Waals surface area contributed by atoms with Crippen molar-refractivity contribution in [2.45, 2.75) is 33.4 Å². The Hall–Kier alpha value is -2.53. The molecule has 0 aliphatic heterocycles. The number of hydrogen-bond donors (Lipinski definition) is 1. The Kier molecular flexibility index (Phi) is 8.33. The topological polar surface area (TPSA) is 58.6 Å². The number of benzene rings is 2. The Balaban J connectivity index is 2.10. The van der Waals surface area contributed by atoms with Crippen LogP contribution in [0.15, 0.2) is 54.6 Å². The molecule has 0 aliphatic carbocycles. The van der Waals surface area contributed by atoms with Gasteiger partial charge in [0.15, 0.2) is 6.61 Å². The summed E-state index contributed by atoms with van der Waals surface area (Å²) in [6.45, 7) is 6.49. The number of ether oxygens (including phenoxy) is 1. The van der Waals surface area contributed by atoms with E-state index >= 15 is 0 Å². The maximum atomic E-state index is 12.9. The minimum Gasteiger partial charge on any atom is -0.484 e. The van der Waals surface area contributed by atoms with Crippen molar-refractivity contribution >= 4 is 23.4 Å². The van der Waals surface area contributed by atoms with Gasteiger partial charge >= 0.3 is 0 Å². The van der Waals surface area contributed by atoms with Crippen LogP contribution in [0.5, 0.6) is 5.75 Å². The van der Waals surface area contributed by atoms with Crippen molar-refractivity contribution in [2.75, 3.05) is 13.2 Å². The molecule has 1 N–H and O–H groups in total. The zero-order chi connectivity index (χ0) is 20.5. The summed E-state index contributed by atoms with van der Waals surface area (Å²) in [5, 5.41) is 3.51. The number of amides is 2. The van der Waals surface area contributed by atoms with Crippen LogP contribution in [0.2, 0.25) is 5.02 Å². The van der Waals surface area contributed by atoms with Crippen molar-refractivity contribution in [3.63, 3.8) is 0 Å². The fraction of sp³-hybridized carbons (Fsp3) is 0.364. The van der Waals surface area contributed by atoms with Crippen molar-refractivity contribution in [3.8, 4) is 5.75 Å². The minimum absolute atomic E-state index is 0.139. The van der Waals surface area contributed by atoms with E-state index in [0.717, 1.165) is 5.56 Å². The van der Waals surface area contributed by atoms with Gasteiger partial charge in [-0.25, -0.2) is 0 Å². The van der Waals surface area contributed by atoms with Gasteiger partial charge in [-0.15, -0.1) is 0 Å². The second-order valence-electron chi connectivity index (χ2n) is 7.06. The van der Waals surface area contributed by atoms with Crippen molar-refractivity contribution < 1.29 is 14.3 Å². The van der Waals surface area contributed by atoms with E-state index in [9.17, 15) is 9.59 Å². The summed E-state index contributed by atoms with van der Waals surface area (Å²) in [7, 11) is 0. The van der Waals surface area contributed by atoms with E-state index in [1.54, 1.807) is 31.2 Å². The number of carbonyl (C=O) groups excluding carboxylic acids is 2. The SMILES string of the molecule is CC(C)CNC(=O)[C@@H](C)N(Cc1ccc(Cl)cc1)C(=O)COc1ccccc1. The van der Waals surface area contributed by atoms with Crippen LogP contribution in [-0.4, -0.2) is 35.9 Å². The average Bonchev–Trinajstić information content (AvgIpc) is 2.70. The molecule has 0 spiro atoms. The Morgan fingerprint density at radius 2 is 1.68 bits per heavy atom. The van der Waals surface area contributed by atoms with Gasteiger partial charge in [0.2, 0.25) is 5.91 Å². The predicted octanol–water partition coefficient (Wildman–Crippen LogP) is 3.91. The van der Waals surface area contributed by atoms with Crippen molar-refractivity contribution in [3.05, 3.63) is 65.2 Å². The third kappa shape index (κ3) is 6.89. The summed E-state index contributed by atoms with van der Waals surface area (Å²) in [5.41, 5.74) is 0.890. The van der Waals surface area contributed by atoms with Gasteiger partial charge in [-0.1, -0.05) is 55.8 Å². The van der Waals surface area contributed by atoms with E-state index in [4.69, 9.17) is 16.3 Å². The van der Waals surface area contributed by atoms with Crippen LogP contribution in [0.4, 0.5) is 0 Å². The first-order chi connectivity index (χ1) is 13.4. The number of para-hydroxylation sites is 1. The summed E-state index contributed by atoms with van der Waals surface area (Å²) in [6.07, 6.45) is 0. The van der Waals surface area contributed by atoms with Crippen LogP contribution in [0, 0.1) is 5.92 Å². The maximum Gasteiger partial charge on any atom is 0.261 e. The molecular weight excluding hydrogens is 376 g/mol. The Morgan fingerprint density at radius 1 is 1.04 bits per heavy atom. The molecule has 0 unspecified atom stereocenters. The number of hydrogen-bond acceptors (Lipinski definition) is 3. The lowest BCUT2D eigenvalue weighted by Gasteiger charge is -2.29. The highest BCUT2D eigenvalue weighted by Gasteiger charge is 2.26. The van der Waals surface area contributed by atoms with E-state index in [2.05, 4.69) is 5.32 Å². The van der Waals surface area contributed by atoms with Crippen LogP contribution in [0.25, 0.3) is 0 Å². The Morgan fingerprint density at radius 3 is 2.29 bits per heavy atom. The molecule has 0 bridgehead atoms. The maximum absolute atomic E-state index is 12.9. The monoisotopic (exact) mass is 402 g/mol. The number of halogens is 1. The molecule has 28 heavy (non-hydrogen) atoms. The second kappa shape index (κ2) is 10.7. The molecule has 2 amide bonds. The molecular formula is C22H27ClN2O3. The normalized spacial score (nSPS) is 11.8. The minimum atomic E-state index is -0.624. The smallest absolute Gasteiger partial charge is 0.261 e. The van der Waals surface area contributed by atoms with Gasteiger partial charge in [0.25, 0.3) is 5.91 Å². The summed E-state index contributed by atoms with van der Waals surface area (Å²) >= 11 is 5.95. The van der Waals surface area contributed by atoms with Gasteiger partial charge in [-0.3, -0.25) is 9.59 Å². The molecule has 0 saturated heterocycles. The second-order valence-corrected chi connectivity index (χ2v) is 7.50. The largest absolute Gasteiger partial charge is 0.484 e. The van der Waals surface area contributed by atoms with Crippen molar-refractivity contribution in [1.82, 2.24) is 10.2 Å². The zero-order valence-electron chi connectivity index (χ0n) is 16.5. The molecule has 1 atom stereocenters. The molecule has 0 heterocycles. The van der Waals surface area contributed by atoms with Crippen LogP contribution < -0.4 is 10.1 Å². The summed E-state index contributed by atoms with van der Waals surface area (Å²) in [4.78, 5) is 26.9. The van der Waals surface area contributed by atoms with Crippen LogP contribution >= 0.6 is 11.6 Å². The fourth-order valence-corrected chi connectivity index (χ4v) is 2.69. The van der Waals surface area contributed by atoms with E-state index < -0.39 is 6.04 Å². The number of rotatable bonds is 9. The lowest BCUT2D eigenvalue weighted by atomic mass is 10.1. The highest BCUT2D eigenvalue weighted by atomic mass is 35.5. The van der Waals surface area contributed by atoms with E-state index in [0.29, 0.717) is 29.8 Å². The molecule has 0 aliphatic rings. The third-order valence-corrected chi connectivity index (χ3v) is 4.48. The first-order valence-corrected chi connectivity index (χ1v) is 9.74. The Labute approximate surface area is 171 Å². The molecule has 5 nitrogen and oxygen atoms in total. The van der Waals surface area contributed by atoms with Gasteiger partial charge in [-0.2, -0.15) is 0 Å². The molecule has 2 rings (SSSR count). The Bertz CT molecular complexity index is 763. The predicted molar refractivity (Wildman–Crippen MR) is 111 cm³/mol. The van der Waals surface area contributed by atoms with Crippen molar-refractivity contribution in [1.29, 1.82) is 0 Å². The third-order valence-electron chi connectivity index (χ3n) is 4.22. The molecule has 0 saturated carbocycles. The highest BCUT2D eigenvalue weighted by Crippen LogP contribution is 2.15. The number of nitrogens with zero attached hydrogens (tertiary/aromatic N) is 1. The van der Waals surface area contributed by atoms with Crippen LogP contribution in [0.1, 0.15) is 26.3 Å². The first kappa shape index (κ1) is 21.8. The summed E-state index contributed by atoms with van der Waals surface area (Å²) in [5.74, 6) is 0.499. The average molecular weight is 403 g/mol. The van der Waals surface area contributed by atoms with Gasteiger partial charge in [0, 0.05) is 18.1 Å². The standard InChI is InChI=1S/C22H27ClN2O3/c1-16(2)13-24-22(27)17(3)25(14-18-9-11-19(23)12-10-18)21(26)15-28-20-7-5-4-6-8-20/h4-12,16-17H,13-15H2,1-3H3,(H,24,27)/t17-/m1/s1. The fourth-order valence-electron chi connectivity index (χ4n) is 2.57. The summed E-state index contributed by atoms with van der Waals surface area (Å²) in [6, 6.07) is 15.7. The molecule has 2 aromatic carbocycles. The van der Waals surface area contributed by atoms with E-state index in [1.807, 2.05) is 44.2 Å².